The minimum Gasteiger partial charge on any atom is -0.493 e. The summed E-state index contributed by atoms with van der Waals surface area (Å²) in [5.74, 6) is 0.250. The summed E-state index contributed by atoms with van der Waals surface area (Å²) in [7, 11) is 3.07. The van der Waals surface area contributed by atoms with Crippen molar-refractivity contribution in [2.45, 2.75) is 18.9 Å². The van der Waals surface area contributed by atoms with Gasteiger partial charge in [0.25, 0.3) is 5.91 Å². The van der Waals surface area contributed by atoms with Crippen LogP contribution in [-0.2, 0) is 4.79 Å². The number of nitrogens with one attached hydrogen (secondary N) is 2. The zero-order chi connectivity index (χ0) is 20.5. The van der Waals surface area contributed by atoms with Crippen LogP contribution >= 0.6 is 11.3 Å². The Bertz CT molecular complexity index is 1040. The van der Waals surface area contributed by atoms with E-state index in [0.717, 1.165) is 24.3 Å². The van der Waals surface area contributed by atoms with Crippen molar-refractivity contribution in [1.29, 1.82) is 0 Å². The van der Waals surface area contributed by atoms with Gasteiger partial charge in [0, 0.05) is 12.1 Å². The van der Waals surface area contributed by atoms with Gasteiger partial charge in [-0.3, -0.25) is 4.79 Å². The molecule has 1 aliphatic rings. The van der Waals surface area contributed by atoms with E-state index in [0.29, 0.717) is 34.8 Å². The molecule has 10 nitrogen and oxygen atoms in total. The molecule has 1 atom stereocenters. The summed E-state index contributed by atoms with van der Waals surface area (Å²) < 4.78 is 16.1. The molecule has 152 valence electrons. The quantitative estimate of drug-likeness (QED) is 0.512. The Morgan fingerprint density at radius 3 is 2.62 bits per heavy atom. The number of nitrogens with zero attached hydrogens (tertiary/aromatic N) is 2. The Morgan fingerprint density at radius 1 is 1.21 bits per heavy atom. The summed E-state index contributed by atoms with van der Waals surface area (Å²) in [6.07, 6.45) is 1.59. The van der Waals surface area contributed by atoms with Gasteiger partial charge < -0.3 is 30.2 Å². The Balaban J connectivity index is 1.74. The summed E-state index contributed by atoms with van der Waals surface area (Å²) >= 11 is 0.909. The molecule has 0 radical (unpaired) electrons. The predicted octanol–water partition coefficient (Wildman–Crippen LogP) is 1.46. The van der Waals surface area contributed by atoms with Crippen molar-refractivity contribution in [2.24, 2.45) is 5.73 Å². The number of methoxy groups -OCH3 is 2. The number of fused-ring (bicyclic) bond motifs is 1. The molecule has 11 heteroatoms. The zero-order valence-electron chi connectivity index (χ0n) is 15.8. The Hall–Kier alpha value is -3.18. The molecule has 4 rings (SSSR count). The van der Waals surface area contributed by atoms with Crippen molar-refractivity contribution in [1.82, 2.24) is 20.3 Å². The highest BCUT2D eigenvalue weighted by molar-refractivity contribution is 7.16. The topological polar surface area (TPSA) is 141 Å². The molecule has 2 aromatic heterocycles. The van der Waals surface area contributed by atoms with Gasteiger partial charge in [-0.05, 0) is 19.4 Å². The van der Waals surface area contributed by atoms with E-state index in [1.54, 1.807) is 12.1 Å². The molecular weight excluding hydrogens is 398 g/mol. The lowest BCUT2D eigenvalue weighted by Gasteiger charge is -2.08. The van der Waals surface area contributed by atoms with E-state index in [9.17, 15) is 9.59 Å². The van der Waals surface area contributed by atoms with E-state index in [1.807, 2.05) is 0 Å². The number of hydrogen-bond donors (Lipinski definition) is 3. The maximum atomic E-state index is 12.4. The first-order chi connectivity index (χ1) is 14.0. The number of primary amides is 1. The normalized spacial score (nSPS) is 16.1. The van der Waals surface area contributed by atoms with Crippen LogP contribution in [0.3, 0.4) is 0 Å². The lowest BCUT2D eigenvalue weighted by Crippen LogP contribution is -2.34. The Morgan fingerprint density at radius 2 is 1.97 bits per heavy atom. The van der Waals surface area contributed by atoms with E-state index in [2.05, 4.69) is 20.3 Å². The van der Waals surface area contributed by atoms with Crippen LogP contribution in [0, 0.1) is 0 Å². The molecule has 29 heavy (non-hydrogen) atoms. The Kier molecular flexibility index (Phi) is 5.07. The van der Waals surface area contributed by atoms with Crippen LogP contribution in [0.1, 0.15) is 22.6 Å². The fourth-order valence-electron chi connectivity index (χ4n) is 3.13. The second-order valence-corrected chi connectivity index (χ2v) is 7.36. The number of aromatic nitrogens is 3. The number of carbonyl (C=O) groups excluding carboxylic acids is 2. The molecule has 0 aliphatic carbocycles. The average molecular weight is 417 g/mol. The lowest BCUT2D eigenvalue weighted by molar-refractivity contribution is -0.136. The average Bonchev–Trinajstić information content (AvgIpc) is 3.45. The maximum absolute atomic E-state index is 12.4. The maximum Gasteiger partial charge on any atom is 0.329 e. The van der Waals surface area contributed by atoms with Gasteiger partial charge in [0.1, 0.15) is 6.04 Å². The van der Waals surface area contributed by atoms with Crippen LogP contribution in [0.2, 0.25) is 0 Å². The molecule has 0 spiro atoms. The van der Waals surface area contributed by atoms with Crippen molar-refractivity contribution >= 4 is 34.2 Å². The van der Waals surface area contributed by atoms with Crippen LogP contribution in [0.25, 0.3) is 22.6 Å². The fourth-order valence-corrected chi connectivity index (χ4v) is 3.90. The molecular formula is C18H19N5O5S. The van der Waals surface area contributed by atoms with E-state index >= 15 is 0 Å². The SMILES string of the molecule is COc1cc2nc(-c3nc(C(N)=O)sc3OC(=O)C3CCCN3)[nH]c2cc1OC. The molecule has 3 aromatic rings. The first-order valence-corrected chi connectivity index (χ1v) is 9.69. The van der Waals surface area contributed by atoms with Crippen molar-refractivity contribution in [3.8, 4) is 28.1 Å². The Labute approximate surface area is 169 Å². The second-order valence-electron chi connectivity index (χ2n) is 6.40. The zero-order valence-corrected chi connectivity index (χ0v) is 16.6. The number of esters is 1. The van der Waals surface area contributed by atoms with Gasteiger partial charge in [0.15, 0.2) is 28.0 Å². The van der Waals surface area contributed by atoms with Crippen molar-refractivity contribution in [3.63, 3.8) is 0 Å². The summed E-state index contributed by atoms with van der Waals surface area (Å²) in [5.41, 5.74) is 6.88. The third-order valence-corrected chi connectivity index (χ3v) is 5.50. The van der Waals surface area contributed by atoms with Crippen LogP contribution < -0.4 is 25.3 Å². The van der Waals surface area contributed by atoms with E-state index in [4.69, 9.17) is 19.9 Å². The van der Waals surface area contributed by atoms with Crippen molar-refractivity contribution in [2.75, 3.05) is 20.8 Å². The molecule has 4 N–H and O–H groups in total. The monoisotopic (exact) mass is 417 g/mol. The number of hydrogen-bond acceptors (Lipinski definition) is 9. The number of nitrogens with two attached hydrogens (primary N) is 1. The second kappa shape index (κ2) is 7.68. The number of carbonyl (C=O) groups is 2. The van der Waals surface area contributed by atoms with E-state index in [1.165, 1.54) is 14.2 Å². The number of aromatic amines is 1. The fraction of sp³-hybridized carbons (Fsp3) is 0.333. The first-order valence-electron chi connectivity index (χ1n) is 8.88. The van der Waals surface area contributed by atoms with E-state index < -0.39 is 11.9 Å². The number of benzene rings is 1. The molecule has 1 unspecified atom stereocenters. The number of amides is 1. The van der Waals surface area contributed by atoms with E-state index in [-0.39, 0.29) is 21.8 Å². The minimum atomic E-state index is -0.711. The van der Waals surface area contributed by atoms with Crippen LogP contribution in [-0.4, -0.2) is 53.6 Å². The summed E-state index contributed by atoms with van der Waals surface area (Å²) in [5, 5.41) is 3.27. The summed E-state index contributed by atoms with van der Waals surface area (Å²) in [6.45, 7) is 0.759. The summed E-state index contributed by atoms with van der Waals surface area (Å²) in [6, 6.07) is 3.07. The van der Waals surface area contributed by atoms with Crippen LogP contribution in [0.15, 0.2) is 12.1 Å². The van der Waals surface area contributed by atoms with Gasteiger partial charge in [-0.15, -0.1) is 0 Å². The van der Waals surface area contributed by atoms with Crippen molar-refractivity contribution < 1.29 is 23.8 Å². The highest BCUT2D eigenvalue weighted by atomic mass is 32.1. The molecule has 1 fully saturated rings. The number of H-pyrrole nitrogens is 1. The number of ether oxygens (including phenoxy) is 3. The lowest BCUT2D eigenvalue weighted by atomic mass is 10.2. The molecule has 1 aliphatic heterocycles. The number of rotatable bonds is 6. The smallest absolute Gasteiger partial charge is 0.329 e. The molecule has 0 bridgehead atoms. The molecule has 1 saturated heterocycles. The van der Waals surface area contributed by atoms with Gasteiger partial charge in [-0.1, -0.05) is 11.3 Å². The van der Waals surface area contributed by atoms with Crippen molar-refractivity contribution in [3.05, 3.63) is 17.1 Å². The highest BCUT2D eigenvalue weighted by Gasteiger charge is 2.28. The molecule has 3 heterocycles. The number of imidazole rings is 1. The predicted molar refractivity (Wildman–Crippen MR) is 105 cm³/mol. The van der Waals surface area contributed by atoms with Crippen LogP contribution in [0.4, 0.5) is 0 Å². The van der Waals surface area contributed by atoms with Gasteiger partial charge in [0.2, 0.25) is 5.06 Å². The standard InChI is InChI=1S/C18H19N5O5S/c1-26-11-6-9-10(7-12(11)27-2)22-15(21-9)13-18(29-16(23-13)14(19)24)28-17(25)8-4-3-5-20-8/h6-8,20H,3-5H2,1-2H3,(H2,19,24)(H,21,22). The third-order valence-electron chi connectivity index (χ3n) is 4.56. The highest BCUT2D eigenvalue weighted by Crippen LogP contribution is 2.37. The molecule has 1 amide bonds. The molecule has 1 aromatic carbocycles. The largest absolute Gasteiger partial charge is 0.493 e. The van der Waals surface area contributed by atoms with Gasteiger partial charge in [-0.25, -0.2) is 14.8 Å². The van der Waals surface area contributed by atoms with Gasteiger partial charge in [-0.2, -0.15) is 0 Å². The minimum absolute atomic E-state index is 0.0257. The third kappa shape index (κ3) is 3.61. The molecule has 0 saturated carbocycles. The van der Waals surface area contributed by atoms with Gasteiger partial charge >= 0.3 is 5.97 Å². The van der Waals surface area contributed by atoms with Crippen LogP contribution in [0.5, 0.6) is 16.6 Å². The summed E-state index contributed by atoms with van der Waals surface area (Å²) in [4.78, 5) is 35.9. The van der Waals surface area contributed by atoms with Gasteiger partial charge in [0.05, 0.1) is 25.3 Å². The number of thiazole rings is 1. The first kappa shape index (κ1) is 19.2.